The molecule has 0 N–H and O–H groups in total. The van der Waals surface area contributed by atoms with Gasteiger partial charge in [0.25, 0.3) is 0 Å². The second-order valence-electron chi connectivity index (χ2n) is 6.17. The standard InChI is InChI=1S/C17H21N5O2S/c1-20-10-8-13(9-11-20)21(2)16-15(22(23)24)17(19-12-18-16)25-14-6-4-3-5-7-14/h3-7,12-13H,8-11H2,1-2H3. The first-order valence-electron chi connectivity index (χ1n) is 8.20. The van der Waals surface area contributed by atoms with E-state index in [1.807, 2.05) is 42.3 Å². The zero-order valence-corrected chi connectivity index (χ0v) is 15.1. The molecule has 2 aromatic rings. The van der Waals surface area contributed by atoms with Gasteiger partial charge in [-0.15, -0.1) is 0 Å². The van der Waals surface area contributed by atoms with Gasteiger partial charge in [0.1, 0.15) is 6.33 Å². The smallest absolute Gasteiger partial charge is 0.343 e. The van der Waals surface area contributed by atoms with Gasteiger partial charge in [0.05, 0.1) is 4.92 Å². The van der Waals surface area contributed by atoms with Gasteiger partial charge in [0.15, 0.2) is 5.03 Å². The summed E-state index contributed by atoms with van der Waals surface area (Å²) in [6.07, 6.45) is 3.35. The van der Waals surface area contributed by atoms with Crippen molar-refractivity contribution in [3.05, 3.63) is 46.8 Å². The lowest BCUT2D eigenvalue weighted by molar-refractivity contribution is -0.387. The number of rotatable bonds is 5. The van der Waals surface area contributed by atoms with Gasteiger partial charge in [-0.25, -0.2) is 9.97 Å². The number of piperidine rings is 1. The number of nitro groups is 1. The van der Waals surface area contributed by atoms with Gasteiger partial charge in [0.2, 0.25) is 5.82 Å². The van der Waals surface area contributed by atoms with Crippen LogP contribution in [0.3, 0.4) is 0 Å². The number of anilines is 1. The van der Waals surface area contributed by atoms with Gasteiger partial charge in [-0.3, -0.25) is 10.1 Å². The monoisotopic (exact) mass is 359 g/mol. The highest BCUT2D eigenvalue weighted by atomic mass is 32.2. The third-order valence-electron chi connectivity index (χ3n) is 4.48. The van der Waals surface area contributed by atoms with E-state index in [4.69, 9.17) is 0 Å². The molecule has 1 saturated heterocycles. The number of hydrogen-bond acceptors (Lipinski definition) is 7. The second kappa shape index (κ2) is 7.79. The van der Waals surface area contributed by atoms with E-state index in [2.05, 4.69) is 21.9 Å². The SMILES string of the molecule is CN1CCC(N(C)c2ncnc(Sc3ccccc3)c2[N+](=O)[O-])CC1. The van der Waals surface area contributed by atoms with Gasteiger partial charge >= 0.3 is 5.69 Å². The summed E-state index contributed by atoms with van der Waals surface area (Å²) in [5.74, 6) is 0.396. The van der Waals surface area contributed by atoms with Crippen molar-refractivity contribution in [3.63, 3.8) is 0 Å². The van der Waals surface area contributed by atoms with Crippen molar-refractivity contribution >= 4 is 23.3 Å². The summed E-state index contributed by atoms with van der Waals surface area (Å²) >= 11 is 1.29. The first-order chi connectivity index (χ1) is 12.1. The Bertz CT molecular complexity index is 735. The molecule has 3 rings (SSSR count). The molecular formula is C17H21N5O2S. The molecule has 0 amide bonds. The van der Waals surface area contributed by atoms with Crippen molar-refractivity contribution < 1.29 is 4.92 Å². The number of aromatic nitrogens is 2. The van der Waals surface area contributed by atoms with Gasteiger partial charge in [-0.05, 0) is 45.1 Å². The second-order valence-corrected chi connectivity index (χ2v) is 7.23. The summed E-state index contributed by atoms with van der Waals surface area (Å²) in [7, 11) is 3.99. The van der Waals surface area contributed by atoms with Crippen molar-refractivity contribution in [3.8, 4) is 0 Å². The maximum absolute atomic E-state index is 11.7. The van der Waals surface area contributed by atoms with E-state index in [1.165, 1.54) is 18.1 Å². The Hall–Kier alpha value is -2.19. The molecule has 0 unspecified atom stereocenters. The molecule has 0 aliphatic carbocycles. The Balaban J connectivity index is 1.91. The Morgan fingerprint density at radius 1 is 1.24 bits per heavy atom. The van der Waals surface area contributed by atoms with Crippen LogP contribution in [-0.2, 0) is 0 Å². The Morgan fingerprint density at radius 2 is 1.92 bits per heavy atom. The minimum Gasteiger partial charge on any atom is -0.351 e. The normalized spacial score (nSPS) is 15.9. The topological polar surface area (TPSA) is 75.4 Å². The molecule has 0 atom stereocenters. The average Bonchev–Trinajstić information content (AvgIpc) is 2.62. The van der Waals surface area contributed by atoms with Crippen molar-refractivity contribution in [2.24, 2.45) is 0 Å². The van der Waals surface area contributed by atoms with E-state index in [0.29, 0.717) is 10.8 Å². The first-order valence-corrected chi connectivity index (χ1v) is 9.01. The van der Waals surface area contributed by atoms with Crippen molar-refractivity contribution in [2.75, 3.05) is 32.1 Å². The lowest BCUT2D eigenvalue weighted by Crippen LogP contribution is -2.42. The van der Waals surface area contributed by atoms with Crippen molar-refractivity contribution in [1.29, 1.82) is 0 Å². The van der Waals surface area contributed by atoms with E-state index in [-0.39, 0.29) is 16.7 Å². The number of likely N-dealkylation sites (tertiary alicyclic amines) is 1. The maximum Gasteiger partial charge on any atom is 0.343 e. The van der Waals surface area contributed by atoms with Crippen LogP contribution < -0.4 is 4.90 Å². The van der Waals surface area contributed by atoms with E-state index in [0.717, 1.165) is 30.8 Å². The fourth-order valence-electron chi connectivity index (χ4n) is 3.00. The fourth-order valence-corrected chi connectivity index (χ4v) is 3.88. The van der Waals surface area contributed by atoms with E-state index >= 15 is 0 Å². The summed E-state index contributed by atoms with van der Waals surface area (Å²) in [6.45, 7) is 1.97. The van der Waals surface area contributed by atoms with Crippen LogP contribution >= 0.6 is 11.8 Å². The molecule has 0 spiro atoms. The van der Waals surface area contributed by atoms with E-state index < -0.39 is 0 Å². The average molecular weight is 359 g/mol. The molecule has 1 aliphatic heterocycles. The third-order valence-corrected chi connectivity index (χ3v) is 5.48. The predicted molar refractivity (Wildman–Crippen MR) is 98.2 cm³/mol. The summed E-state index contributed by atoms with van der Waals surface area (Å²) < 4.78 is 0. The first kappa shape index (κ1) is 17.6. The lowest BCUT2D eigenvalue weighted by Gasteiger charge is -2.35. The molecule has 132 valence electrons. The molecule has 1 aromatic heterocycles. The lowest BCUT2D eigenvalue weighted by atomic mass is 10.0. The Morgan fingerprint density at radius 3 is 2.56 bits per heavy atom. The van der Waals surface area contributed by atoms with E-state index in [1.54, 1.807) is 0 Å². The molecular weight excluding hydrogens is 338 g/mol. The summed E-state index contributed by atoms with van der Waals surface area (Å²) in [6, 6.07) is 9.80. The van der Waals surface area contributed by atoms with Crippen LogP contribution in [0, 0.1) is 10.1 Å². The molecule has 8 heteroatoms. The zero-order valence-electron chi connectivity index (χ0n) is 14.3. The minimum absolute atomic E-state index is 0.0159. The van der Waals surface area contributed by atoms with Crippen LogP contribution in [0.25, 0.3) is 0 Å². The molecule has 1 fully saturated rings. The van der Waals surface area contributed by atoms with E-state index in [9.17, 15) is 10.1 Å². The summed E-state index contributed by atoms with van der Waals surface area (Å²) in [5.41, 5.74) is -0.0159. The summed E-state index contributed by atoms with van der Waals surface area (Å²) in [4.78, 5) is 24.9. The molecule has 2 heterocycles. The molecule has 7 nitrogen and oxygen atoms in total. The number of benzene rings is 1. The number of hydrogen-bond donors (Lipinski definition) is 0. The highest BCUT2D eigenvalue weighted by Crippen LogP contribution is 2.38. The van der Waals surface area contributed by atoms with Crippen LogP contribution in [-0.4, -0.2) is 53.0 Å². The fraction of sp³-hybridized carbons (Fsp3) is 0.412. The molecule has 0 bridgehead atoms. The third kappa shape index (κ3) is 4.08. The largest absolute Gasteiger partial charge is 0.351 e. The molecule has 1 aromatic carbocycles. The maximum atomic E-state index is 11.7. The quantitative estimate of drug-likeness (QED) is 0.461. The number of nitrogens with zero attached hydrogens (tertiary/aromatic N) is 5. The van der Waals surface area contributed by atoms with Crippen molar-refractivity contribution in [2.45, 2.75) is 28.8 Å². The zero-order chi connectivity index (χ0) is 17.8. The highest BCUT2D eigenvalue weighted by Gasteiger charge is 2.30. The predicted octanol–water partition coefficient (Wildman–Crippen LogP) is 3.07. The van der Waals surface area contributed by atoms with Crippen LogP contribution in [0.1, 0.15) is 12.8 Å². The molecule has 25 heavy (non-hydrogen) atoms. The van der Waals surface area contributed by atoms with Gasteiger partial charge < -0.3 is 9.80 Å². The highest BCUT2D eigenvalue weighted by molar-refractivity contribution is 7.99. The Labute approximate surface area is 151 Å². The van der Waals surface area contributed by atoms with Gasteiger partial charge in [0, 0.05) is 18.0 Å². The summed E-state index contributed by atoms with van der Waals surface area (Å²) in [5, 5.41) is 12.1. The van der Waals surface area contributed by atoms with Crippen LogP contribution in [0.2, 0.25) is 0 Å². The van der Waals surface area contributed by atoms with Gasteiger partial charge in [-0.2, -0.15) is 0 Å². The van der Waals surface area contributed by atoms with Crippen LogP contribution in [0.15, 0.2) is 46.6 Å². The van der Waals surface area contributed by atoms with Gasteiger partial charge in [-0.1, -0.05) is 30.0 Å². The van der Waals surface area contributed by atoms with Crippen molar-refractivity contribution in [1.82, 2.24) is 14.9 Å². The Kier molecular flexibility index (Phi) is 5.50. The van der Waals surface area contributed by atoms with Crippen LogP contribution in [0.5, 0.6) is 0 Å². The van der Waals surface area contributed by atoms with Crippen LogP contribution in [0.4, 0.5) is 11.5 Å². The molecule has 1 aliphatic rings. The molecule has 0 radical (unpaired) electrons. The molecule has 0 saturated carbocycles. The minimum atomic E-state index is -0.369.